The molecule has 2 unspecified atom stereocenters. The van der Waals surface area contributed by atoms with Gasteiger partial charge in [0.1, 0.15) is 5.75 Å². The molecule has 0 aromatic heterocycles. The molecule has 2 nitrogen and oxygen atoms in total. The maximum Gasteiger partial charge on any atom is 0.107 e. The molecule has 11 heavy (non-hydrogen) atoms. The van der Waals surface area contributed by atoms with E-state index < -0.39 is 11.2 Å². The zero-order valence-corrected chi connectivity index (χ0v) is 8.15. The molecule has 2 atom stereocenters. The second-order valence-corrected chi connectivity index (χ2v) is 4.27. The molecule has 0 amide bonds. The van der Waals surface area contributed by atoms with Crippen molar-refractivity contribution in [1.29, 1.82) is 0 Å². The average molecular weight is 173 g/mol. The van der Waals surface area contributed by atoms with Crippen LogP contribution >= 0.6 is 0 Å². The van der Waals surface area contributed by atoms with Crippen LogP contribution in [0, 0.1) is 12.3 Å². The molecule has 0 heterocycles. The first-order valence-corrected chi connectivity index (χ1v) is 5.23. The summed E-state index contributed by atoms with van der Waals surface area (Å²) in [6.07, 6.45) is 7.78. The summed E-state index contributed by atoms with van der Waals surface area (Å²) in [5, 5.41) is 0. The summed E-state index contributed by atoms with van der Waals surface area (Å²) in [6, 6.07) is 0.124. The van der Waals surface area contributed by atoms with Gasteiger partial charge in [0, 0.05) is 6.42 Å². The first-order valence-electron chi connectivity index (χ1n) is 3.50. The van der Waals surface area contributed by atoms with E-state index in [4.69, 9.17) is 6.42 Å². The Morgan fingerprint density at radius 1 is 1.64 bits per heavy atom. The fraction of sp³-hybridized carbons (Fsp3) is 0.750. The predicted octanol–water partition coefficient (Wildman–Crippen LogP) is 0.318. The maximum atomic E-state index is 10.7. The lowest BCUT2D eigenvalue weighted by atomic mass is 10.2. The molecule has 3 heteroatoms. The van der Waals surface area contributed by atoms with Crippen LogP contribution in [0.25, 0.3) is 0 Å². The fourth-order valence-electron chi connectivity index (χ4n) is 0.768. The molecule has 0 N–H and O–H groups in total. The normalized spacial score (nSPS) is 16.0. The van der Waals surface area contributed by atoms with Crippen molar-refractivity contribution < 1.29 is 4.55 Å². The van der Waals surface area contributed by atoms with E-state index in [1.165, 1.54) is 0 Å². The number of hydrogen-bond acceptors (Lipinski definition) is 2. The van der Waals surface area contributed by atoms with Crippen molar-refractivity contribution in [3.05, 3.63) is 0 Å². The molecule has 0 aromatic rings. The van der Waals surface area contributed by atoms with Crippen LogP contribution in [0.1, 0.15) is 6.42 Å². The quantitative estimate of drug-likeness (QED) is 0.452. The molecule has 0 fully saturated rings. The lowest BCUT2D eigenvalue weighted by Crippen LogP contribution is -2.28. The summed E-state index contributed by atoms with van der Waals surface area (Å²) in [6.45, 7) is 0. The van der Waals surface area contributed by atoms with Crippen LogP contribution in [0.3, 0.4) is 0 Å². The highest BCUT2D eigenvalue weighted by Gasteiger charge is 2.09. The first kappa shape index (κ1) is 10.8. The molecule has 0 spiro atoms. The van der Waals surface area contributed by atoms with E-state index in [0.717, 1.165) is 6.42 Å². The molecule has 0 aromatic carbocycles. The topological polar surface area (TPSA) is 26.3 Å². The largest absolute Gasteiger partial charge is 0.617 e. The van der Waals surface area contributed by atoms with Crippen LogP contribution in [-0.4, -0.2) is 41.6 Å². The van der Waals surface area contributed by atoms with Crippen molar-refractivity contribution >= 4 is 11.2 Å². The molecule has 0 aliphatic heterocycles. The number of nitrogens with zero attached hydrogens (tertiary/aromatic N) is 1. The zero-order valence-electron chi connectivity index (χ0n) is 7.33. The van der Waals surface area contributed by atoms with Crippen molar-refractivity contribution in [3.63, 3.8) is 0 Å². The van der Waals surface area contributed by atoms with E-state index in [1.54, 1.807) is 6.26 Å². The average Bonchev–Trinajstić information content (AvgIpc) is 1.87. The van der Waals surface area contributed by atoms with Gasteiger partial charge < -0.3 is 4.55 Å². The van der Waals surface area contributed by atoms with Crippen molar-refractivity contribution in [2.45, 2.75) is 12.5 Å². The van der Waals surface area contributed by atoms with E-state index >= 15 is 0 Å². The Labute approximate surface area is 72.1 Å². The summed E-state index contributed by atoms with van der Waals surface area (Å²) in [5.74, 6) is 3.34. The minimum atomic E-state index is -0.727. The fourth-order valence-corrected chi connectivity index (χ4v) is 1.32. The Morgan fingerprint density at radius 2 is 2.18 bits per heavy atom. The molecule has 0 rings (SSSR count). The molecule has 0 aliphatic carbocycles. The molecule has 64 valence electrons. The summed E-state index contributed by atoms with van der Waals surface area (Å²) in [5.41, 5.74) is 0. The number of rotatable bonds is 4. The molecule has 0 aliphatic rings. The van der Waals surface area contributed by atoms with Crippen LogP contribution in [-0.2, 0) is 11.2 Å². The first-order chi connectivity index (χ1) is 5.07. The molecular weight excluding hydrogens is 158 g/mol. The van der Waals surface area contributed by atoms with Crippen molar-refractivity contribution in [2.24, 2.45) is 0 Å². The van der Waals surface area contributed by atoms with Crippen molar-refractivity contribution in [1.82, 2.24) is 4.90 Å². The number of terminal acetylenes is 1. The Balaban J connectivity index is 3.64. The monoisotopic (exact) mass is 173 g/mol. The van der Waals surface area contributed by atoms with Gasteiger partial charge in [-0.05, 0) is 14.1 Å². The van der Waals surface area contributed by atoms with Crippen LogP contribution in [0.2, 0.25) is 0 Å². The molecule has 0 radical (unpaired) electrons. The van der Waals surface area contributed by atoms with Gasteiger partial charge in [-0.2, -0.15) is 0 Å². The van der Waals surface area contributed by atoms with Crippen LogP contribution in [0.5, 0.6) is 0 Å². The smallest absolute Gasteiger partial charge is 0.107 e. The SMILES string of the molecule is C#CC(CC[S+](C)[O-])N(C)C. The predicted molar refractivity (Wildman–Crippen MR) is 49.9 cm³/mol. The van der Waals surface area contributed by atoms with Gasteiger partial charge in [-0.25, -0.2) is 0 Å². The van der Waals surface area contributed by atoms with Crippen LogP contribution < -0.4 is 0 Å². The maximum absolute atomic E-state index is 10.7. The molecule has 0 bridgehead atoms. The third kappa shape index (κ3) is 5.14. The Bertz CT molecular complexity index is 140. The minimum absolute atomic E-state index is 0.124. The van der Waals surface area contributed by atoms with Gasteiger partial charge in [-0.15, -0.1) is 6.42 Å². The second kappa shape index (κ2) is 5.48. The molecule has 0 saturated heterocycles. The number of hydrogen-bond donors (Lipinski definition) is 0. The standard InChI is InChI=1S/C8H15NOS/c1-5-8(9(2)3)6-7-11(4)10/h1,8H,6-7H2,2-4H3. The minimum Gasteiger partial charge on any atom is -0.617 e. The van der Waals surface area contributed by atoms with Crippen molar-refractivity contribution in [2.75, 3.05) is 26.1 Å². The van der Waals surface area contributed by atoms with Gasteiger partial charge in [0.25, 0.3) is 0 Å². The van der Waals surface area contributed by atoms with E-state index in [2.05, 4.69) is 5.92 Å². The summed E-state index contributed by atoms with van der Waals surface area (Å²) in [7, 11) is 3.87. The highest BCUT2D eigenvalue weighted by atomic mass is 32.2. The third-order valence-corrected chi connectivity index (χ3v) is 2.31. The van der Waals surface area contributed by atoms with Crippen LogP contribution in [0.15, 0.2) is 0 Å². The molecular formula is C8H15NOS. The highest BCUT2D eigenvalue weighted by molar-refractivity contribution is 7.90. The summed E-state index contributed by atoms with van der Waals surface area (Å²) in [4.78, 5) is 1.97. The van der Waals surface area contributed by atoms with Gasteiger partial charge in [0.15, 0.2) is 0 Å². The van der Waals surface area contributed by atoms with E-state index in [-0.39, 0.29) is 6.04 Å². The zero-order chi connectivity index (χ0) is 8.85. The third-order valence-electron chi connectivity index (χ3n) is 1.49. The van der Waals surface area contributed by atoms with Gasteiger partial charge in [0.2, 0.25) is 0 Å². The van der Waals surface area contributed by atoms with E-state index in [1.807, 2.05) is 19.0 Å². The van der Waals surface area contributed by atoms with E-state index in [0.29, 0.717) is 5.75 Å². The molecule has 0 saturated carbocycles. The van der Waals surface area contributed by atoms with Gasteiger partial charge in [-0.1, -0.05) is 17.1 Å². The highest BCUT2D eigenvalue weighted by Crippen LogP contribution is 2.00. The summed E-state index contributed by atoms with van der Waals surface area (Å²) >= 11 is -0.727. The van der Waals surface area contributed by atoms with Crippen molar-refractivity contribution in [3.8, 4) is 12.3 Å². The lowest BCUT2D eigenvalue weighted by Gasteiger charge is -2.18. The van der Waals surface area contributed by atoms with Gasteiger partial charge in [0.05, 0.1) is 12.3 Å². The van der Waals surface area contributed by atoms with Gasteiger partial charge in [-0.3, -0.25) is 4.90 Å². The Morgan fingerprint density at radius 3 is 2.45 bits per heavy atom. The van der Waals surface area contributed by atoms with E-state index in [9.17, 15) is 4.55 Å². The summed E-state index contributed by atoms with van der Waals surface area (Å²) < 4.78 is 10.7. The Kier molecular flexibility index (Phi) is 5.39. The lowest BCUT2D eigenvalue weighted by molar-refractivity contribution is 0.346. The van der Waals surface area contributed by atoms with Gasteiger partial charge >= 0.3 is 0 Å². The Hall–Kier alpha value is -0.170. The second-order valence-electron chi connectivity index (χ2n) is 2.71. The van der Waals surface area contributed by atoms with Crippen LogP contribution in [0.4, 0.5) is 0 Å².